The van der Waals surface area contributed by atoms with Crippen LogP contribution in [0.1, 0.15) is 33.1 Å². The molecule has 0 bridgehead atoms. The smallest absolute Gasteiger partial charge is 0.141 e. The van der Waals surface area contributed by atoms with Gasteiger partial charge in [-0.2, -0.15) is 0 Å². The summed E-state index contributed by atoms with van der Waals surface area (Å²) in [5.41, 5.74) is 0. The molecule has 2 unspecified atom stereocenters. The van der Waals surface area contributed by atoms with E-state index in [-0.39, 0.29) is 23.4 Å². The molecule has 3 heteroatoms. The molecule has 0 aromatic heterocycles. The van der Waals surface area contributed by atoms with Gasteiger partial charge in [0.2, 0.25) is 0 Å². The summed E-state index contributed by atoms with van der Waals surface area (Å²) in [5, 5.41) is 0. The second-order valence-corrected chi connectivity index (χ2v) is 4.12. The van der Waals surface area contributed by atoms with Gasteiger partial charge in [-0.3, -0.25) is 4.79 Å². The van der Waals surface area contributed by atoms with E-state index in [2.05, 4.69) is 0 Å². The van der Waals surface area contributed by atoms with Gasteiger partial charge in [0.1, 0.15) is 11.6 Å². The Morgan fingerprint density at radius 2 is 2.21 bits per heavy atom. The summed E-state index contributed by atoms with van der Waals surface area (Å²) < 4.78 is 5.25. The molecule has 3 nitrogen and oxygen atoms in total. The monoisotopic (exact) mass is 198 g/mol. The van der Waals surface area contributed by atoms with Gasteiger partial charge in [0.15, 0.2) is 0 Å². The quantitative estimate of drug-likeness (QED) is 0.689. The van der Waals surface area contributed by atoms with Crippen LogP contribution in [0, 0.1) is 11.8 Å². The van der Waals surface area contributed by atoms with Gasteiger partial charge in [0, 0.05) is 24.9 Å². The summed E-state index contributed by atoms with van der Waals surface area (Å²) in [4.78, 5) is 22.7. The number of carbonyl (C=O) groups is 2. The van der Waals surface area contributed by atoms with Gasteiger partial charge in [-0.1, -0.05) is 6.92 Å². The second-order valence-electron chi connectivity index (χ2n) is 4.12. The van der Waals surface area contributed by atoms with Crippen molar-refractivity contribution in [3.8, 4) is 0 Å². The van der Waals surface area contributed by atoms with Gasteiger partial charge >= 0.3 is 0 Å². The second kappa shape index (κ2) is 5.25. The Kier molecular flexibility index (Phi) is 4.26. The SMILES string of the molecule is CC(=O)CC(C)C(=O)C1CCCOC1. The first-order chi connectivity index (χ1) is 6.61. The Balaban J connectivity index is 2.42. The molecule has 0 amide bonds. The molecule has 1 saturated heterocycles. The molecule has 0 aliphatic carbocycles. The van der Waals surface area contributed by atoms with Crippen molar-refractivity contribution in [3.63, 3.8) is 0 Å². The third-order valence-electron chi connectivity index (χ3n) is 2.64. The summed E-state index contributed by atoms with van der Waals surface area (Å²) in [7, 11) is 0. The van der Waals surface area contributed by atoms with Crippen LogP contribution in [0.25, 0.3) is 0 Å². The molecule has 1 fully saturated rings. The molecule has 80 valence electrons. The van der Waals surface area contributed by atoms with Crippen molar-refractivity contribution in [2.45, 2.75) is 33.1 Å². The normalized spacial score (nSPS) is 24.3. The van der Waals surface area contributed by atoms with E-state index in [0.29, 0.717) is 13.0 Å². The Morgan fingerprint density at radius 3 is 2.71 bits per heavy atom. The van der Waals surface area contributed by atoms with Crippen molar-refractivity contribution in [3.05, 3.63) is 0 Å². The van der Waals surface area contributed by atoms with Crippen molar-refractivity contribution in [2.24, 2.45) is 11.8 Å². The minimum atomic E-state index is -0.140. The van der Waals surface area contributed by atoms with E-state index < -0.39 is 0 Å². The lowest BCUT2D eigenvalue weighted by Gasteiger charge is -2.23. The van der Waals surface area contributed by atoms with Gasteiger partial charge in [-0.25, -0.2) is 0 Å². The van der Waals surface area contributed by atoms with Gasteiger partial charge in [0.05, 0.1) is 6.61 Å². The molecule has 1 aliphatic rings. The molecule has 14 heavy (non-hydrogen) atoms. The predicted octanol–water partition coefficient (Wildman–Crippen LogP) is 1.60. The highest BCUT2D eigenvalue weighted by molar-refractivity contribution is 5.88. The zero-order chi connectivity index (χ0) is 10.6. The first-order valence-corrected chi connectivity index (χ1v) is 5.22. The highest BCUT2D eigenvalue weighted by Crippen LogP contribution is 2.20. The Hall–Kier alpha value is -0.700. The van der Waals surface area contributed by atoms with E-state index in [1.165, 1.54) is 6.92 Å². The molecular weight excluding hydrogens is 180 g/mol. The van der Waals surface area contributed by atoms with Crippen LogP contribution in [-0.2, 0) is 14.3 Å². The summed E-state index contributed by atoms with van der Waals surface area (Å²) >= 11 is 0. The predicted molar refractivity (Wildman–Crippen MR) is 53.0 cm³/mol. The van der Waals surface area contributed by atoms with Gasteiger partial charge in [-0.15, -0.1) is 0 Å². The van der Waals surface area contributed by atoms with Crippen molar-refractivity contribution >= 4 is 11.6 Å². The van der Waals surface area contributed by atoms with Crippen LogP contribution in [0.3, 0.4) is 0 Å². The molecule has 1 heterocycles. The molecule has 0 N–H and O–H groups in total. The summed E-state index contributed by atoms with van der Waals surface area (Å²) in [6, 6.07) is 0. The van der Waals surface area contributed by atoms with Crippen molar-refractivity contribution in [1.29, 1.82) is 0 Å². The zero-order valence-electron chi connectivity index (χ0n) is 8.91. The maximum Gasteiger partial charge on any atom is 0.141 e. The van der Waals surface area contributed by atoms with Gasteiger partial charge < -0.3 is 9.53 Å². The average Bonchev–Trinajstić information content (AvgIpc) is 2.17. The van der Waals surface area contributed by atoms with Crippen LogP contribution >= 0.6 is 0 Å². The summed E-state index contributed by atoms with van der Waals surface area (Å²) in [6.07, 6.45) is 2.25. The number of hydrogen-bond donors (Lipinski definition) is 0. The van der Waals surface area contributed by atoms with E-state index in [1.54, 1.807) is 0 Å². The first-order valence-electron chi connectivity index (χ1n) is 5.22. The number of rotatable bonds is 4. The lowest BCUT2D eigenvalue weighted by molar-refractivity contribution is -0.133. The number of ketones is 2. The van der Waals surface area contributed by atoms with E-state index in [9.17, 15) is 9.59 Å². The molecule has 0 saturated carbocycles. The van der Waals surface area contributed by atoms with Crippen LogP contribution < -0.4 is 0 Å². The van der Waals surface area contributed by atoms with E-state index in [4.69, 9.17) is 4.74 Å². The highest BCUT2D eigenvalue weighted by Gasteiger charge is 2.26. The molecular formula is C11H18O3. The summed E-state index contributed by atoms with van der Waals surface area (Å²) in [5.74, 6) is 0.166. The zero-order valence-corrected chi connectivity index (χ0v) is 8.91. The van der Waals surface area contributed by atoms with Crippen molar-refractivity contribution < 1.29 is 14.3 Å². The van der Waals surface area contributed by atoms with Gasteiger partial charge in [0.25, 0.3) is 0 Å². The maximum atomic E-state index is 11.8. The minimum Gasteiger partial charge on any atom is -0.381 e. The third kappa shape index (κ3) is 3.22. The third-order valence-corrected chi connectivity index (χ3v) is 2.64. The largest absolute Gasteiger partial charge is 0.381 e. The fraction of sp³-hybridized carbons (Fsp3) is 0.818. The van der Waals surface area contributed by atoms with Crippen LogP contribution in [0.2, 0.25) is 0 Å². The molecule has 0 aromatic rings. The van der Waals surface area contributed by atoms with Gasteiger partial charge in [-0.05, 0) is 19.8 Å². The average molecular weight is 198 g/mol. The van der Waals surface area contributed by atoms with Crippen molar-refractivity contribution in [2.75, 3.05) is 13.2 Å². The van der Waals surface area contributed by atoms with E-state index >= 15 is 0 Å². The van der Waals surface area contributed by atoms with Crippen LogP contribution in [0.4, 0.5) is 0 Å². The number of ether oxygens (including phenoxy) is 1. The molecule has 0 spiro atoms. The fourth-order valence-electron chi connectivity index (χ4n) is 1.90. The molecule has 1 rings (SSSR count). The highest BCUT2D eigenvalue weighted by atomic mass is 16.5. The number of Topliss-reactive ketones (excluding diaryl/α,β-unsaturated/α-hetero) is 2. The van der Waals surface area contributed by atoms with Crippen LogP contribution in [0.15, 0.2) is 0 Å². The topological polar surface area (TPSA) is 43.4 Å². The summed E-state index contributed by atoms with van der Waals surface area (Å²) in [6.45, 7) is 4.67. The lowest BCUT2D eigenvalue weighted by atomic mass is 9.87. The van der Waals surface area contributed by atoms with E-state index in [1.807, 2.05) is 6.92 Å². The maximum absolute atomic E-state index is 11.8. The molecule has 0 aromatic carbocycles. The van der Waals surface area contributed by atoms with Crippen molar-refractivity contribution in [1.82, 2.24) is 0 Å². The fourth-order valence-corrected chi connectivity index (χ4v) is 1.90. The van der Waals surface area contributed by atoms with Crippen LogP contribution in [-0.4, -0.2) is 24.8 Å². The standard InChI is InChI=1S/C11H18O3/c1-8(6-9(2)12)11(13)10-4-3-5-14-7-10/h8,10H,3-7H2,1-2H3. The molecule has 2 atom stereocenters. The molecule has 1 aliphatic heterocycles. The lowest BCUT2D eigenvalue weighted by Crippen LogP contribution is -2.30. The first kappa shape index (κ1) is 11.4. The Bertz CT molecular complexity index is 217. The number of carbonyl (C=O) groups excluding carboxylic acids is 2. The minimum absolute atomic E-state index is 0.0260. The number of hydrogen-bond acceptors (Lipinski definition) is 3. The molecule has 0 radical (unpaired) electrons. The van der Waals surface area contributed by atoms with E-state index in [0.717, 1.165) is 19.4 Å². The Labute approximate surface area is 84.8 Å². The Morgan fingerprint density at radius 1 is 1.50 bits per heavy atom. The van der Waals surface area contributed by atoms with Crippen LogP contribution in [0.5, 0.6) is 0 Å².